The molecule has 0 aliphatic rings. The van der Waals surface area contributed by atoms with Crippen LogP contribution in [-0.2, 0) is 13.1 Å². The number of amides is 1. The molecule has 0 saturated carbocycles. The van der Waals surface area contributed by atoms with Gasteiger partial charge in [-0.15, -0.1) is 0 Å². The summed E-state index contributed by atoms with van der Waals surface area (Å²) in [5, 5.41) is 11.7. The van der Waals surface area contributed by atoms with Crippen molar-refractivity contribution in [1.82, 2.24) is 19.6 Å². The molecule has 2 aromatic heterocycles. The van der Waals surface area contributed by atoms with Crippen LogP contribution in [0, 0.1) is 20.8 Å². The lowest BCUT2D eigenvalue weighted by Gasteiger charge is -2.08. The molecule has 3 aromatic rings. The van der Waals surface area contributed by atoms with Gasteiger partial charge >= 0.3 is 0 Å². The number of nitrogens with one attached hydrogen (secondary N) is 1. The first-order valence-electron chi connectivity index (χ1n) is 8.42. The van der Waals surface area contributed by atoms with E-state index >= 15 is 0 Å². The van der Waals surface area contributed by atoms with Crippen molar-refractivity contribution in [1.29, 1.82) is 0 Å². The summed E-state index contributed by atoms with van der Waals surface area (Å²) < 4.78 is 3.60. The Morgan fingerprint density at radius 1 is 1.08 bits per heavy atom. The maximum Gasteiger partial charge on any atom is 0.274 e. The van der Waals surface area contributed by atoms with Gasteiger partial charge in [-0.2, -0.15) is 10.2 Å². The highest BCUT2D eigenvalue weighted by Crippen LogP contribution is 2.21. The van der Waals surface area contributed by atoms with Crippen molar-refractivity contribution in [2.75, 3.05) is 5.32 Å². The molecule has 0 saturated heterocycles. The van der Waals surface area contributed by atoms with Crippen molar-refractivity contribution in [3.63, 3.8) is 0 Å². The van der Waals surface area contributed by atoms with E-state index in [0.717, 1.165) is 17.1 Å². The largest absolute Gasteiger partial charge is 0.317 e. The maximum atomic E-state index is 12.6. The molecular formula is C19H23N5O. The van der Waals surface area contributed by atoms with Crippen LogP contribution in [-0.4, -0.2) is 25.5 Å². The summed E-state index contributed by atoms with van der Waals surface area (Å²) in [6.45, 7) is 9.24. The lowest BCUT2D eigenvalue weighted by Crippen LogP contribution is -2.18. The first kappa shape index (κ1) is 17.0. The Morgan fingerprint density at radius 3 is 2.48 bits per heavy atom. The molecule has 6 heteroatoms. The highest BCUT2D eigenvalue weighted by atomic mass is 16.2. The summed E-state index contributed by atoms with van der Waals surface area (Å²) in [5.41, 5.74) is 5.47. The van der Waals surface area contributed by atoms with Crippen LogP contribution < -0.4 is 5.32 Å². The summed E-state index contributed by atoms with van der Waals surface area (Å²) in [7, 11) is 0. The first-order valence-corrected chi connectivity index (χ1v) is 8.42. The van der Waals surface area contributed by atoms with Gasteiger partial charge in [0.2, 0.25) is 0 Å². The molecule has 0 aliphatic heterocycles. The van der Waals surface area contributed by atoms with E-state index in [0.29, 0.717) is 18.8 Å². The van der Waals surface area contributed by atoms with Crippen molar-refractivity contribution in [3.8, 4) is 0 Å². The molecule has 0 atom stereocenters. The Kier molecular flexibility index (Phi) is 4.70. The number of carbonyl (C=O) groups is 1. The van der Waals surface area contributed by atoms with E-state index in [-0.39, 0.29) is 5.91 Å². The Bertz CT molecular complexity index is 889. The van der Waals surface area contributed by atoms with Crippen LogP contribution in [0.2, 0.25) is 0 Å². The van der Waals surface area contributed by atoms with Gasteiger partial charge in [-0.25, -0.2) is 0 Å². The fourth-order valence-corrected chi connectivity index (χ4v) is 2.85. The second kappa shape index (κ2) is 6.93. The monoisotopic (exact) mass is 337 g/mol. The molecule has 2 heterocycles. The molecule has 6 nitrogen and oxygen atoms in total. The Morgan fingerprint density at radius 2 is 1.80 bits per heavy atom. The second-order valence-corrected chi connectivity index (χ2v) is 6.18. The Hall–Kier alpha value is -2.89. The summed E-state index contributed by atoms with van der Waals surface area (Å²) in [4.78, 5) is 12.6. The SMILES string of the molecule is CCn1nccc1C(=O)Nc1c(C)nn(Cc2ccc(C)cc2)c1C. The average Bonchev–Trinajstić information content (AvgIpc) is 3.17. The Balaban J connectivity index is 1.82. The number of nitrogens with zero attached hydrogens (tertiary/aromatic N) is 4. The number of rotatable bonds is 5. The first-order chi connectivity index (χ1) is 12.0. The minimum atomic E-state index is -0.166. The van der Waals surface area contributed by atoms with Gasteiger partial charge in [0.15, 0.2) is 0 Å². The molecule has 130 valence electrons. The molecule has 1 N–H and O–H groups in total. The predicted molar refractivity (Wildman–Crippen MR) is 97.8 cm³/mol. The number of benzene rings is 1. The van der Waals surface area contributed by atoms with E-state index in [1.807, 2.05) is 25.5 Å². The number of carbonyl (C=O) groups excluding carboxylic acids is 1. The molecule has 1 aromatic carbocycles. The third kappa shape index (κ3) is 3.47. The molecular weight excluding hydrogens is 314 g/mol. The number of aryl methyl sites for hydroxylation is 3. The van der Waals surface area contributed by atoms with Crippen molar-refractivity contribution in [3.05, 3.63) is 64.7 Å². The lowest BCUT2D eigenvalue weighted by molar-refractivity contribution is 0.101. The third-order valence-corrected chi connectivity index (χ3v) is 4.32. The average molecular weight is 337 g/mol. The lowest BCUT2D eigenvalue weighted by atomic mass is 10.1. The third-order valence-electron chi connectivity index (χ3n) is 4.32. The van der Waals surface area contributed by atoms with E-state index in [9.17, 15) is 4.79 Å². The second-order valence-electron chi connectivity index (χ2n) is 6.18. The van der Waals surface area contributed by atoms with E-state index in [4.69, 9.17) is 0 Å². The number of aromatic nitrogens is 4. The molecule has 0 aliphatic carbocycles. The van der Waals surface area contributed by atoms with E-state index in [2.05, 4.69) is 46.7 Å². The van der Waals surface area contributed by atoms with Gasteiger partial charge in [0.25, 0.3) is 5.91 Å². The van der Waals surface area contributed by atoms with Gasteiger partial charge < -0.3 is 5.32 Å². The Labute approximate surface area is 147 Å². The van der Waals surface area contributed by atoms with Gasteiger partial charge in [-0.3, -0.25) is 14.2 Å². The van der Waals surface area contributed by atoms with Crippen LogP contribution in [0.1, 0.15) is 39.9 Å². The fraction of sp³-hybridized carbons (Fsp3) is 0.316. The van der Waals surface area contributed by atoms with Gasteiger partial charge in [0.05, 0.1) is 23.6 Å². The topological polar surface area (TPSA) is 64.7 Å². The van der Waals surface area contributed by atoms with Gasteiger partial charge in [0.1, 0.15) is 5.69 Å². The normalized spacial score (nSPS) is 10.9. The van der Waals surface area contributed by atoms with Crippen LogP contribution >= 0.6 is 0 Å². The van der Waals surface area contributed by atoms with Crippen LogP contribution in [0.5, 0.6) is 0 Å². The van der Waals surface area contributed by atoms with Crippen molar-refractivity contribution < 1.29 is 4.79 Å². The maximum absolute atomic E-state index is 12.6. The van der Waals surface area contributed by atoms with Crippen LogP contribution in [0.4, 0.5) is 5.69 Å². The standard InChI is InChI=1S/C19H23N5O/c1-5-23-17(10-11-20-23)19(25)21-18-14(3)22-24(15(18)4)12-16-8-6-13(2)7-9-16/h6-11H,5,12H2,1-4H3,(H,21,25). The summed E-state index contributed by atoms with van der Waals surface area (Å²) >= 11 is 0. The van der Waals surface area contributed by atoms with Gasteiger partial charge in [-0.05, 0) is 39.3 Å². The number of hydrogen-bond donors (Lipinski definition) is 1. The minimum absolute atomic E-state index is 0.166. The zero-order valence-electron chi connectivity index (χ0n) is 15.1. The van der Waals surface area contributed by atoms with Crippen LogP contribution in [0.15, 0.2) is 36.5 Å². The van der Waals surface area contributed by atoms with Crippen molar-refractivity contribution >= 4 is 11.6 Å². The predicted octanol–water partition coefficient (Wildman–Crippen LogP) is 3.33. The van der Waals surface area contributed by atoms with Crippen molar-refractivity contribution in [2.24, 2.45) is 0 Å². The molecule has 0 unspecified atom stereocenters. The highest BCUT2D eigenvalue weighted by Gasteiger charge is 2.17. The van der Waals surface area contributed by atoms with Crippen LogP contribution in [0.25, 0.3) is 0 Å². The molecule has 25 heavy (non-hydrogen) atoms. The zero-order chi connectivity index (χ0) is 18.0. The van der Waals surface area contributed by atoms with Gasteiger partial charge in [-0.1, -0.05) is 29.8 Å². The summed E-state index contributed by atoms with van der Waals surface area (Å²) in [6, 6.07) is 10.1. The minimum Gasteiger partial charge on any atom is -0.317 e. The number of anilines is 1. The smallest absolute Gasteiger partial charge is 0.274 e. The van der Waals surface area contributed by atoms with E-state index in [1.165, 1.54) is 11.1 Å². The summed E-state index contributed by atoms with van der Waals surface area (Å²) in [6.07, 6.45) is 1.64. The molecule has 0 spiro atoms. The molecule has 0 bridgehead atoms. The molecule has 1 amide bonds. The molecule has 3 rings (SSSR count). The molecule has 0 fully saturated rings. The summed E-state index contributed by atoms with van der Waals surface area (Å²) in [5.74, 6) is -0.166. The van der Waals surface area contributed by atoms with E-state index in [1.54, 1.807) is 16.9 Å². The van der Waals surface area contributed by atoms with Gasteiger partial charge in [0, 0.05) is 12.7 Å². The van der Waals surface area contributed by atoms with E-state index < -0.39 is 0 Å². The fourth-order valence-electron chi connectivity index (χ4n) is 2.85. The quantitative estimate of drug-likeness (QED) is 0.777. The van der Waals surface area contributed by atoms with Crippen molar-refractivity contribution in [2.45, 2.75) is 40.8 Å². The number of hydrogen-bond acceptors (Lipinski definition) is 3. The van der Waals surface area contributed by atoms with Crippen LogP contribution in [0.3, 0.4) is 0 Å². The molecule has 0 radical (unpaired) electrons. The zero-order valence-corrected chi connectivity index (χ0v) is 15.1. The highest BCUT2D eigenvalue weighted by molar-refractivity contribution is 6.03.